The van der Waals surface area contributed by atoms with E-state index in [1.165, 1.54) is 12.1 Å². The molecule has 1 aromatic heterocycles. The molecule has 2 aromatic carbocycles. The van der Waals surface area contributed by atoms with Crippen molar-refractivity contribution in [3.05, 3.63) is 75.5 Å². The quantitative estimate of drug-likeness (QED) is 0.455. The molecule has 29 heavy (non-hydrogen) atoms. The Morgan fingerprint density at radius 2 is 1.72 bits per heavy atom. The van der Waals surface area contributed by atoms with Gasteiger partial charge in [0.05, 0.1) is 16.3 Å². The van der Waals surface area contributed by atoms with Crippen LogP contribution in [0.3, 0.4) is 0 Å². The Morgan fingerprint density at radius 1 is 1.07 bits per heavy atom. The molecule has 0 spiro atoms. The van der Waals surface area contributed by atoms with Gasteiger partial charge in [0.15, 0.2) is 0 Å². The summed E-state index contributed by atoms with van der Waals surface area (Å²) in [6.45, 7) is 9.05. The predicted molar refractivity (Wildman–Crippen MR) is 112 cm³/mol. The standard InChI is InChI=1S/C22H24N4O3/c1-5-24(6-2)22(27)21-14-19(17-9-11-18(12-10-17)26(28)29)23-25(21)20-13-15(3)7-8-16(20)4/h7-14H,5-6H2,1-4H3. The van der Waals surface area contributed by atoms with E-state index in [1.807, 2.05) is 45.9 Å². The van der Waals surface area contributed by atoms with Crippen LogP contribution in [0.2, 0.25) is 0 Å². The van der Waals surface area contributed by atoms with E-state index in [2.05, 4.69) is 0 Å². The normalized spacial score (nSPS) is 10.8. The highest BCUT2D eigenvalue weighted by atomic mass is 16.6. The van der Waals surface area contributed by atoms with Gasteiger partial charge in [0, 0.05) is 30.8 Å². The lowest BCUT2D eigenvalue weighted by molar-refractivity contribution is -0.384. The molecule has 0 atom stereocenters. The van der Waals surface area contributed by atoms with E-state index in [-0.39, 0.29) is 11.6 Å². The van der Waals surface area contributed by atoms with Gasteiger partial charge in [-0.2, -0.15) is 5.10 Å². The molecule has 0 saturated heterocycles. The van der Waals surface area contributed by atoms with Gasteiger partial charge >= 0.3 is 0 Å². The highest BCUT2D eigenvalue weighted by Gasteiger charge is 2.22. The second-order valence-corrected chi connectivity index (χ2v) is 6.90. The van der Waals surface area contributed by atoms with Gasteiger partial charge in [-0.1, -0.05) is 12.1 Å². The number of non-ortho nitro benzene ring substituents is 1. The van der Waals surface area contributed by atoms with Gasteiger partial charge in [0.2, 0.25) is 0 Å². The molecule has 0 fully saturated rings. The summed E-state index contributed by atoms with van der Waals surface area (Å²) in [6.07, 6.45) is 0. The van der Waals surface area contributed by atoms with Crippen LogP contribution in [0.4, 0.5) is 5.69 Å². The first-order valence-corrected chi connectivity index (χ1v) is 9.57. The zero-order valence-electron chi connectivity index (χ0n) is 17.0. The Labute approximate surface area is 169 Å². The lowest BCUT2D eigenvalue weighted by Gasteiger charge is -2.19. The zero-order valence-corrected chi connectivity index (χ0v) is 17.0. The molecular formula is C22H24N4O3. The van der Waals surface area contributed by atoms with Crippen LogP contribution in [0.15, 0.2) is 48.5 Å². The molecule has 0 aliphatic heterocycles. The number of carbonyl (C=O) groups excluding carboxylic acids is 1. The average Bonchev–Trinajstić information content (AvgIpc) is 3.16. The molecule has 0 aliphatic rings. The van der Waals surface area contributed by atoms with E-state index in [9.17, 15) is 14.9 Å². The van der Waals surface area contributed by atoms with Crippen molar-refractivity contribution in [3.63, 3.8) is 0 Å². The van der Waals surface area contributed by atoms with E-state index >= 15 is 0 Å². The number of nitro groups is 1. The fraction of sp³-hybridized carbons (Fsp3) is 0.273. The highest BCUT2D eigenvalue weighted by molar-refractivity contribution is 5.94. The topological polar surface area (TPSA) is 81.3 Å². The van der Waals surface area contributed by atoms with Gasteiger partial charge in [-0.25, -0.2) is 4.68 Å². The zero-order chi connectivity index (χ0) is 21.1. The number of benzene rings is 2. The summed E-state index contributed by atoms with van der Waals surface area (Å²) in [4.78, 5) is 25.4. The van der Waals surface area contributed by atoms with Crippen molar-refractivity contribution in [2.45, 2.75) is 27.7 Å². The maximum absolute atomic E-state index is 13.2. The predicted octanol–water partition coefficient (Wildman–Crippen LogP) is 4.55. The molecule has 1 amide bonds. The summed E-state index contributed by atoms with van der Waals surface area (Å²) in [5.74, 6) is -0.100. The summed E-state index contributed by atoms with van der Waals surface area (Å²) < 4.78 is 1.68. The third-order valence-electron chi connectivity index (χ3n) is 4.95. The van der Waals surface area contributed by atoms with Crippen LogP contribution in [0.5, 0.6) is 0 Å². The van der Waals surface area contributed by atoms with Crippen molar-refractivity contribution in [2.75, 3.05) is 13.1 Å². The lowest BCUT2D eigenvalue weighted by Crippen LogP contribution is -2.32. The minimum Gasteiger partial charge on any atom is -0.338 e. The maximum Gasteiger partial charge on any atom is 0.272 e. The van der Waals surface area contributed by atoms with Crippen LogP contribution in [0.1, 0.15) is 35.5 Å². The average molecular weight is 392 g/mol. The molecule has 0 bridgehead atoms. The smallest absolute Gasteiger partial charge is 0.272 e. The first-order valence-electron chi connectivity index (χ1n) is 9.57. The first kappa shape index (κ1) is 20.3. The van der Waals surface area contributed by atoms with E-state index in [0.717, 1.165) is 16.8 Å². The molecule has 150 valence electrons. The first-order chi connectivity index (χ1) is 13.8. The van der Waals surface area contributed by atoms with Gasteiger partial charge in [-0.05, 0) is 63.1 Å². The van der Waals surface area contributed by atoms with Crippen molar-refractivity contribution >= 4 is 11.6 Å². The van der Waals surface area contributed by atoms with Crippen LogP contribution in [-0.4, -0.2) is 38.6 Å². The third kappa shape index (κ3) is 4.03. The number of aryl methyl sites for hydroxylation is 2. The molecule has 3 rings (SSSR count). The molecule has 0 unspecified atom stereocenters. The van der Waals surface area contributed by atoms with Crippen LogP contribution < -0.4 is 0 Å². The van der Waals surface area contributed by atoms with Crippen molar-refractivity contribution in [2.24, 2.45) is 0 Å². The second-order valence-electron chi connectivity index (χ2n) is 6.90. The number of amides is 1. The van der Waals surface area contributed by atoms with Crippen molar-refractivity contribution < 1.29 is 9.72 Å². The molecular weight excluding hydrogens is 368 g/mol. The molecule has 7 nitrogen and oxygen atoms in total. The molecule has 3 aromatic rings. The summed E-state index contributed by atoms with van der Waals surface area (Å²) in [5, 5.41) is 15.6. The minimum absolute atomic E-state index is 0.0159. The van der Waals surface area contributed by atoms with Gasteiger partial charge in [-0.3, -0.25) is 14.9 Å². The van der Waals surface area contributed by atoms with Crippen LogP contribution in [0, 0.1) is 24.0 Å². The number of nitrogens with zero attached hydrogens (tertiary/aromatic N) is 4. The number of rotatable bonds is 6. The van der Waals surface area contributed by atoms with Crippen LogP contribution in [-0.2, 0) is 0 Å². The molecule has 1 heterocycles. The van der Waals surface area contributed by atoms with E-state index in [1.54, 1.807) is 27.8 Å². The van der Waals surface area contributed by atoms with Gasteiger partial charge < -0.3 is 4.90 Å². The third-order valence-corrected chi connectivity index (χ3v) is 4.95. The summed E-state index contributed by atoms with van der Waals surface area (Å²) >= 11 is 0. The number of hydrogen-bond donors (Lipinski definition) is 0. The Hall–Kier alpha value is -3.48. The van der Waals surface area contributed by atoms with E-state index in [0.29, 0.717) is 30.0 Å². The Kier molecular flexibility index (Phi) is 5.77. The number of nitro benzene ring substituents is 1. The summed E-state index contributed by atoms with van der Waals surface area (Å²) in [5.41, 5.74) is 4.71. The molecule has 0 radical (unpaired) electrons. The van der Waals surface area contributed by atoms with Crippen molar-refractivity contribution in [1.29, 1.82) is 0 Å². The minimum atomic E-state index is -0.437. The molecule has 0 saturated carbocycles. The molecule has 0 aliphatic carbocycles. The SMILES string of the molecule is CCN(CC)C(=O)c1cc(-c2ccc([N+](=O)[O-])cc2)nn1-c1cc(C)ccc1C. The molecule has 7 heteroatoms. The van der Waals surface area contributed by atoms with Crippen LogP contribution in [0.25, 0.3) is 16.9 Å². The number of hydrogen-bond acceptors (Lipinski definition) is 4. The summed E-state index contributed by atoms with van der Waals surface area (Å²) in [6, 6.07) is 14.0. The molecule has 0 N–H and O–H groups in total. The largest absolute Gasteiger partial charge is 0.338 e. The van der Waals surface area contributed by atoms with Gasteiger partial charge in [-0.15, -0.1) is 0 Å². The Balaban J connectivity index is 2.16. The van der Waals surface area contributed by atoms with Gasteiger partial charge in [0.25, 0.3) is 11.6 Å². The Bertz CT molecular complexity index is 1050. The van der Waals surface area contributed by atoms with Gasteiger partial charge in [0.1, 0.15) is 5.69 Å². The fourth-order valence-corrected chi connectivity index (χ4v) is 3.23. The lowest BCUT2D eigenvalue weighted by atomic mass is 10.1. The highest BCUT2D eigenvalue weighted by Crippen LogP contribution is 2.26. The maximum atomic E-state index is 13.2. The number of aromatic nitrogens is 2. The number of carbonyl (C=O) groups is 1. The van der Waals surface area contributed by atoms with E-state index < -0.39 is 4.92 Å². The van der Waals surface area contributed by atoms with E-state index in [4.69, 9.17) is 5.10 Å². The summed E-state index contributed by atoms with van der Waals surface area (Å²) in [7, 11) is 0. The fourth-order valence-electron chi connectivity index (χ4n) is 3.23. The van der Waals surface area contributed by atoms with Crippen molar-refractivity contribution in [1.82, 2.24) is 14.7 Å². The monoisotopic (exact) mass is 392 g/mol. The second kappa shape index (κ2) is 8.26. The van der Waals surface area contributed by atoms with Crippen LogP contribution >= 0.6 is 0 Å². The van der Waals surface area contributed by atoms with Crippen molar-refractivity contribution in [3.8, 4) is 16.9 Å². The Morgan fingerprint density at radius 3 is 2.31 bits per heavy atom.